The standard InChI is InChI=1S/C22H15Br2F3N4O2/c1-33-15-8-2-12(3-9-15)11-28-21(32)19-18(24)20-29-16(13-4-6-14(23)7-5-13)10-17(22(25,26)27)31(20)30-19/h2-10H,11H2,1H3,(H,28,32). The minimum absolute atomic E-state index is 0.0687. The molecule has 0 spiro atoms. The second-order valence-electron chi connectivity index (χ2n) is 6.96. The Balaban J connectivity index is 1.71. The molecule has 0 bridgehead atoms. The van der Waals surface area contributed by atoms with Crippen molar-refractivity contribution in [3.63, 3.8) is 0 Å². The first-order valence-corrected chi connectivity index (χ1v) is 11.1. The van der Waals surface area contributed by atoms with Gasteiger partial charge in [0.15, 0.2) is 17.0 Å². The van der Waals surface area contributed by atoms with E-state index in [1.54, 1.807) is 55.6 Å². The second-order valence-corrected chi connectivity index (χ2v) is 8.67. The van der Waals surface area contributed by atoms with E-state index in [0.717, 1.165) is 16.1 Å². The SMILES string of the molecule is COc1ccc(CNC(=O)c2nn3c(C(F)(F)F)cc(-c4ccc(Br)cc4)nc3c2Br)cc1. The molecule has 2 heterocycles. The van der Waals surface area contributed by atoms with Gasteiger partial charge in [-0.1, -0.05) is 40.2 Å². The molecule has 4 aromatic rings. The third-order valence-electron chi connectivity index (χ3n) is 4.79. The number of carbonyl (C=O) groups excluding carboxylic acids is 1. The Morgan fingerprint density at radius 2 is 1.76 bits per heavy atom. The van der Waals surface area contributed by atoms with Gasteiger partial charge in [0.25, 0.3) is 5.91 Å². The number of fused-ring (bicyclic) bond motifs is 1. The molecular weight excluding hydrogens is 569 g/mol. The average Bonchev–Trinajstić information content (AvgIpc) is 3.13. The summed E-state index contributed by atoms with van der Waals surface area (Å²) in [6.45, 7) is 0.160. The molecule has 0 saturated heterocycles. The number of methoxy groups -OCH3 is 1. The maximum Gasteiger partial charge on any atom is 0.433 e. The van der Waals surface area contributed by atoms with Crippen LogP contribution in [-0.4, -0.2) is 27.6 Å². The molecule has 170 valence electrons. The van der Waals surface area contributed by atoms with E-state index in [9.17, 15) is 18.0 Å². The number of carbonyl (C=O) groups is 1. The zero-order valence-electron chi connectivity index (χ0n) is 17.0. The van der Waals surface area contributed by atoms with Crippen molar-refractivity contribution in [2.24, 2.45) is 0 Å². The van der Waals surface area contributed by atoms with Crippen molar-refractivity contribution < 1.29 is 22.7 Å². The summed E-state index contributed by atoms with van der Waals surface area (Å²) in [5.41, 5.74) is 0.0284. The number of nitrogens with zero attached hydrogens (tertiary/aromatic N) is 3. The number of halogens is 5. The molecule has 0 aliphatic carbocycles. The Hall–Kier alpha value is -2.92. The van der Waals surface area contributed by atoms with Gasteiger partial charge in [-0.25, -0.2) is 9.50 Å². The van der Waals surface area contributed by atoms with E-state index < -0.39 is 17.8 Å². The molecular formula is C22H15Br2F3N4O2. The number of amides is 1. The molecule has 1 amide bonds. The minimum atomic E-state index is -4.71. The van der Waals surface area contributed by atoms with E-state index in [2.05, 4.69) is 47.3 Å². The Labute approximate surface area is 203 Å². The summed E-state index contributed by atoms with van der Waals surface area (Å²) < 4.78 is 48.1. The first-order valence-electron chi connectivity index (χ1n) is 9.51. The molecule has 2 aromatic carbocycles. The lowest BCUT2D eigenvalue weighted by Crippen LogP contribution is -2.23. The highest BCUT2D eigenvalue weighted by molar-refractivity contribution is 9.11. The van der Waals surface area contributed by atoms with E-state index in [1.165, 1.54) is 0 Å². The lowest BCUT2D eigenvalue weighted by Gasteiger charge is -2.11. The molecule has 11 heteroatoms. The number of ether oxygens (including phenoxy) is 1. The molecule has 4 rings (SSSR count). The summed E-state index contributed by atoms with van der Waals surface area (Å²) in [6.07, 6.45) is -4.71. The molecule has 1 N–H and O–H groups in total. The normalized spacial score (nSPS) is 11.6. The Bertz CT molecular complexity index is 1320. The minimum Gasteiger partial charge on any atom is -0.497 e. The number of hydrogen-bond donors (Lipinski definition) is 1. The van der Waals surface area contributed by atoms with Crippen molar-refractivity contribution in [2.75, 3.05) is 7.11 Å². The largest absolute Gasteiger partial charge is 0.497 e. The zero-order valence-corrected chi connectivity index (χ0v) is 20.1. The lowest BCUT2D eigenvalue weighted by atomic mass is 10.1. The van der Waals surface area contributed by atoms with Gasteiger partial charge in [0.1, 0.15) is 5.75 Å². The first-order chi connectivity index (χ1) is 15.7. The average molecular weight is 584 g/mol. The Morgan fingerprint density at radius 3 is 2.36 bits per heavy atom. The summed E-state index contributed by atoms with van der Waals surface area (Å²) in [7, 11) is 1.54. The first kappa shape index (κ1) is 23.2. The van der Waals surface area contributed by atoms with Crippen LogP contribution in [0.2, 0.25) is 0 Å². The fourth-order valence-electron chi connectivity index (χ4n) is 3.12. The van der Waals surface area contributed by atoms with Gasteiger partial charge in [0.2, 0.25) is 0 Å². The summed E-state index contributed by atoms with van der Waals surface area (Å²) in [5.74, 6) is 0.0296. The third-order valence-corrected chi connectivity index (χ3v) is 6.05. The van der Waals surface area contributed by atoms with Gasteiger partial charge in [-0.05, 0) is 51.8 Å². The van der Waals surface area contributed by atoms with Crippen molar-refractivity contribution in [1.29, 1.82) is 0 Å². The van der Waals surface area contributed by atoms with Gasteiger partial charge in [-0.3, -0.25) is 4.79 Å². The number of hydrogen-bond acceptors (Lipinski definition) is 4. The van der Waals surface area contributed by atoms with Crippen LogP contribution in [0.25, 0.3) is 16.9 Å². The van der Waals surface area contributed by atoms with E-state index in [-0.39, 0.29) is 28.1 Å². The van der Waals surface area contributed by atoms with Crippen molar-refractivity contribution in [1.82, 2.24) is 19.9 Å². The van der Waals surface area contributed by atoms with Crippen LogP contribution in [0.4, 0.5) is 13.2 Å². The summed E-state index contributed by atoms with van der Waals surface area (Å²) in [4.78, 5) is 17.1. The number of benzene rings is 2. The quantitative estimate of drug-likeness (QED) is 0.319. The van der Waals surface area contributed by atoms with Gasteiger partial charge in [-0.15, -0.1) is 0 Å². The molecule has 0 aliphatic heterocycles. The number of alkyl halides is 3. The second kappa shape index (κ2) is 9.14. The summed E-state index contributed by atoms with van der Waals surface area (Å²) in [6, 6.07) is 14.6. The maximum atomic E-state index is 13.8. The lowest BCUT2D eigenvalue weighted by molar-refractivity contribution is -0.142. The van der Waals surface area contributed by atoms with Crippen LogP contribution in [0.1, 0.15) is 21.7 Å². The summed E-state index contributed by atoms with van der Waals surface area (Å²) in [5, 5.41) is 6.58. The predicted molar refractivity (Wildman–Crippen MR) is 123 cm³/mol. The number of nitrogens with one attached hydrogen (secondary N) is 1. The molecule has 0 radical (unpaired) electrons. The van der Waals surface area contributed by atoms with E-state index in [0.29, 0.717) is 15.8 Å². The van der Waals surface area contributed by atoms with Gasteiger partial charge < -0.3 is 10.1 Å². The molecule has 2 aromatic heterocycles. The van der Waals surface area contributed by atoms with Crippen LogP contribution < -0.4 is 10.1 Å². The monoisotopic (exact) mass is 582 g/mol. The third kappa shape index (κ3) is 4.88. The van der Waals surface area contributed by atoms with Crippen molar-refractivity contribution >= 4 is 43.4 Å². The molecule has 33 heavy (non-hydrogen) atoms. The van der Waals surface area contributed by atoms with E-state index >= 15 is 0 Å². The molecule has 0 atom stereocenters. The van der Waals surface area contributed by atoms with Crippen LogP contribution >= 0.6 is 31.9 Å². The van der Waals surface area contributed by atoms with Crippen LogP contribution in [0.5, 0.6) is 5.75 Å². The molecule has 0 aliphatic rings. The summed E-state index contributed by atoms with van der Waals surface area (Å²) >= 11 is 6.52. The fraction of sp³-hybridized carbons (Fsp3) is 0.136. The fourth-order valence-corrected chi connectivity index (χ4v) is 3.90. The van der Waals surface area contributed by atoms with Crippen molar-refractivity contribution in [3.05, 3.63) is 80.5 Å². The van der Waals surface area contributed by atoms with E-state index in [1.807, 2.05) is 0 Å². The number of rotatable bonds is 5. The van der Waals surface area contributed by atoms with Gasteiger partial charge >= 0.3 is 6.18 Å². The van der Waals surface area contributed by atoms with Crippen LogP contribution in [0.3, 0.4) is 0 Å². The van der Waals surface area contributed by atoms with Gasteiger partial charge in [0, 0.05) is 16.6 Å². The van der Waals surface area contributed by atoms with Gasteiger partial charge in [-0.2, -0.15) is 18.3 Å². The van der Waals surface area contributed by atoms with Crippen molar-refractivity contribution in [2.45, 2.75) is 12.7 Å². The zero-order chi connectivity index (χ0) is 23.8. The molecule has 0 saturated carbocycles. The topological polar surface area (TPSA) is 68.5 Å². The highest BCUT2D eigenvalue weighted by Crippen LogP contribution is 2.35. The van der Waals surface area contributed by atoms with Crippen LogP contribution in [0, 0.1) is 0 Å². The van der Waals surface area contributed by atoms with Crippen LogP contribution in [-0.2, 0) is 12.7 Å². The molecule has 0 fully saturated rings. The highest BCUT2D eigenvalue weighted by atomic mass is 79.9. The highest BCUT2D eigenvalue weighted by Gasteiger charge is 2.36. The predicted octanol–water partition coefficient (Wildman–Crippen LogP) is 5.88. The Morgan fingerprint density at radius 1 is 1.09 bits per heavy atom. The van der Waals surface area contributed by atoms with E-state index in [4.69, 9.17) is 4.74 Å². The van der Waals surface area contributed by atoms with Crippen molar-refractivity contribution in [3.8, 4) is 17.0 Å². The smallest absolute Gasteiger partial charge is 0.433 e. The molecule has 0 unspecified atom stereocenters. The number of aromatic nitrogens is 3. The van der Waals surface area contributed by atoms with Gasteiger partial charge in [0.05, 0.1) is 17.3 Å². The maximum absolute atomic E-state index is 13.8. The molecule has 6 nitrogen and oxygen atoms in total. The van der Waals surface area contributed by atoms with Crippen LogP contribution in [0.15, 0.2) is 63.5 Å². The Kier molecular flexibility index (Phi) is 6.44.